The van der Waals surface area contributed by atoms with Crippen LogP contribution in [0.3, 0.4) is 0 Å². The van der Waals surface area contributed by atoms with Gasteiger partial charge in [-0.25, -0.2) is 0 Å². The summed E-state index contributed by atoms with van der Waals surface area (Å²) in [5.74, 6) is -1.26. The molecule has 6 heteroatoms. The molecule has 0 aliphatic rings. The third kappa shape index (κ3) is 11.8. The van der Waals surface area contributed by atoms with E-state index in [1.807, 2.05) is 6.07 Å². The molecule has 0 bridgehead atoms. The summed E-state index contributed by atoms with van der Waals surface area (Å²) in [6, 6.07) is 13.3. The lowest BCUT2D eigenvalue weighted by atomic mass is 10.0. The predicted molar refractivity (Wildman–Crippen MR) is 143 cm³/mol. The molecule has 3 N–H and O–H groups in total. The summed E-state index contributed by atoms with van der Waals surface area (Å²) in [7, 11) is 0. The van der Waals surface area contributed by atoms with E-state index in [0.29, 0.717) is 18.0 Å². The van der Waals surface area contributed by atoms with Crippen molar-refractivity contribution in [1.29, 1.82) is 0 Å². The zero-order valence-electron chi connectivity index (χ0n) is 21.2. The fourth-order valence-electron chi connectivity index (χ4n) is 3.94. The zero-order chi connectivity index (χ0) is 25.1. The van der Waals surface area contributed by atoms with Crippen LogP contribution in [0.25, 0.3) is 0 Å². The molecular formula is C29H42N2O4. The minimum absolute atomic E-state index is 0.102. The average molecular weight is 483 g/mol. The van der Waals surface area contributed by atoms with Crippen LogP contribution in [0.1, 0.15) is 90.4 Å². The van der Waals surface area contributed by atoms with Gasteiger partial charge >= 0.3 is 11.8 Å². The summed E-state index contributed by atoms with van der Waals surface area (Å²) >= 11 is 0. The molecule has 0 spiro atoms. The SMILES string of the molecule is CCCCCCCCCCCCCCCOc1ccccc1NC(=O)C(=O)Nc1ccccc1O. The van der Waals surface area contributed by atoms with Crippen molar-refractivity contribution in [3.8, 4) is 11.5 Å². The van der Waals surface area contributed by atoms with Crippen molar-refractivity contribution >= 4 is 23.2 Å². The van der Waals surface area contributed by atoms with Gasteiger partial charge in [-0.15, -0.1) is 0 Å². The summed E-state index contributed by atoms with van der Waals surface area (Å²) in [4.78, 5) is 24.5. The number of anilines is 2. The highest BCUT2D eigenvalue weighted by Gasteiger charge is 2.17. The molecule has 0 atom stereocenters. The van der Waals surface area contributed by atoms with Gasteiger partial charge in [0.05, 0.1) is 18.0 Å². The van der Waals surface area contributed by atoms with E-state index in [4.69, 9.17) is 4.74 Å². The number of phenols is 1. The van der Waals surface area contributed by atoms with E-state index in [2.05, 4.69) is 17.6 Å². The molecule has 0 radical (unpaired) electrons. The van der Waals surface area contributed by atoms with Crippen LogP contribution in [-0.2, 0) is 9.59 Å². The maximum absolute atomic E-state index is 12.3. The number of nitrogens with one attached hydrogen (secondary N) is 2. The van der Waals surface area contributed by atoms with Gasteiger partial charge in [0.15, 0.2) is 0 Å². The molecular weight excluding hydrogens is 440 g/mol. The van der Waals surface area contributed by atoms with E-state index in [1.165, 1.54) is 82.8 Å². The number of carbonyl (C=O) groups excluding carboxylic acids is 2. The Balaban J connectivity index is 1.59. The fraction of sp³-hybridized carbons (Fsp3) is 0.517. The largest absolute Gasteiger partial charge is 0.506 e. The molecule has 0 aromatic heterocycles. The number of para-hydroxylation sites is 4. The summed E-state index contributed by atoms with van der Waals surface area (Å²) in [5, 5.41) is 14.8. The number of carbonyl (C=O) groups is 2. The summed E-state index contributed by atoms with van der Waals surface area (Å²) < 4.78 is 5.87. The van der Waals surface area contributed by atoms with Gasteiger partial charge in [-0.05, 0) is 30.7 Å². The maximum Gasteiger partial charge on any atom is 0.314 e. The van der Waals surface area contributed by atoms with Crippen LogP contribution in [-0.4, -0.2) is 23.5 Å². The Labute approximate surface area is 210 Å². The Morgan fingerprint density at radius 1 is 0.657 bits per heavy atom. The van der Waals surface area contributed by atoms with E-state index in [1.54, 1.807) is 30.3 Å². The first-order valence-electron chi connectivity index (χ1n) is 13.2. The molecule has 0 heterocycles. The predicted octanol–water partition coefficient (Wildman–Crippen LogP) is 7.44. The van der Waals surface area contributed by atoms with Crippen molar-refractivity contribution in [2.24, 2.45) is 0 Å². The third-order valence-corrected chi connectivity index (χ3v) is 6.00. The molecule has 0 aliphatic heterocycles. The number of rotatable bonds is 17. The molecule has 0 unspecified atom stereocenters. The van der Waals surface area contributed by atoms with Crippen molar-refractivity contribution in [2.75, 3.05) is 17.2 Å². The first-order chi connectivity index (χ1) is 17.1. The molecule has 0 saturated heterocycles. The van der Waals surface area contributed by atoms with E-state index in [0.717, 1.165) is 12.8 Å². The second kappa shape index (κ2) is 17.4. The first-order valence-corrected chi connectivity index (χ1v) is 13.2. The highest BCUT2D eigenvalue weighted by Crippen LogP contribution is 2.25. The normalized spacial score (nSPS) is 10.7. The van der Waals surface area contributed by atoms with Gasteiger partial charge < -0.3 is 20.5 Å². The topological polar surface area (TPSA) is 87.7 Å². The van der Waals surface area contributed by atoms with Crippen molar-refractivity contribution < 1.29 is 19.4 Å². The second-order valence-corrected chi connectivity index (χ2v) is 9.01. The maximum atomic E-state index is 12.3. The highest BCUT2D eigenvalue weighted by molar-refractivity contribution is 6.43. The molecule has 2 amide bonds. The summed E-state index contributed by atoms with van der Waals surface area (Å²) in [5.41, 5.74) is 0.624. The second-order valence-electron chi connectivity index (χ2n) is 9.01. The lowest BCUT2D eigenvalue weighted by Crippen LogP contribution is -2.29. The van der Waals surface area contributed by atoms with Crippen LogP contribution in [0.15, 0.2) is 48.5 Å². The molecule has 2 aromatic rings. The number of hydrogen-bond donors (Lipinski definition) is 3. The van der Waals surface area contributed by atoms with E-state index >= 15 is 0 Å². The van der Waals surface area contributed by atoms with Crippen LogP contribution >= 0.6 is 0 Å². The smallest absolute Gasteiger partial charge is 0.314 e. The average Bonchev–Trinajstić information content (AvgIpc) is 2.86. The van der Waals surface area contributed by atoms with Gasteiger partial charge in [-0.3, -0.25) is 9.59 Å². The van der Waals surface area contributed by atoms with Crippen LogP contribution in [0, 0.1) is 0 Å². The Hall–Kier alpha value is -3.02. The van der Waals surface area contributed by atoms with Crippen LogP contribution in [0.5, 0.6) is 11.5 Å². The highest BCUT2D eigenvalue weighted by atomic mass is 16.5. The van der Waals surface area contributed by atoms with Gasteiger partial charge in [0, 0.05) is 0 Å². The molecule has 192 valence electrons. The van der Waals surface area contributed by atoms with Crippen molar-refractivity contribution in [2.45, 2.75) is 90.4 Å². The Kier molecular flexibility index (Phi) is 14.0. The summed E-state index contributed by atoms with van der Waals surface area (Å²) in [6.45, 7) is 2.82. The Bertz CT molecular complexity index is 884. The van der Waals surface area contributed by atoms with Crippen LogP contribution in [0.4, 0.5) is 11.4 Å². The quantitative estimate of drug-likeness (QED) is 0.124. The van der Waals surface area contributed by atoms with Crippen LogP contribution in [0.2, 0.25) is 0 Å². The Morgan fingerprint density at radius 2 is 1.11 bits per heavy atom. The van der Waals surface area contributed by atoms with Gasteiger partial charge in [0.2, 0.25) is 0 Å². The first kappa shape index (κ1) is 28.2. The van der Waals surface area contributed by atoms with Gasteiger partial charge in [-0.2, -0.15) is 0 Å². The fourth-order valence-corrected chi connectivity index (χ4v) is 3.94. The Morgan fingerprint density at radius 3 is 1.69 bits per heavy atom. The van der Waals surface area contributed by atoms with Crippen molar-refractivity contribution in [1.82, 2.24) is 0 Å². The van der Waals surface area contributed by atoms with Crippen molar-refractivity contribution in [3.63, 3.8) is 0 Å². The number of phenolic OH excluding ortho intramolecular Hbond substituents is 1. The monoisotopic (exact) mass is 482 g/mol. The number of hydrogen-bond acceptors (Lipinski definition) is 4. The van der Waals surface area contributed by atoms with Gasteiger partial charge in [-0.1, -0.05) is 108 Å². The number of benzene rings is 2. The molecule has 6 nitrogen and oxygen atoms in total. The molecule has 0 saturated carbocycles. The minimum atomic E-state index is -0.863. The van der Waals surface area contributed by atoms with E-state index < -0.39 is 11.8 Å². The number of ether oxygens (including phenoxy) is 1. The molecule has 2 rings (SSSR count). The number of aromatic hydroxyl groups is 1. The van der Waals surface area contributed by atoms with Crippen LogP contribution < -0.4 is 15.4 Å². The zero-order valence-corrected chi connectivity index (χ0v) is 21.2. The van der Waals surface area contributed by atoms with Gasteiger partial charge in [0.1, 0.15) is 11.5 Å². The molecule has 35 heavy (non-hydrogen) atoms. The van der Waals surface area contributed by atoms with Crippen molar-refractivity contribution in [3.05, 3.63) is 48.5 Å². The molecule has 0 aliphatic carbocycles. The molecule has 2 aromatic carbocycles. The minimum Gasteiger partial charge on any atom is -0.506 e. The van der Waals surface area contributed by atoms with E-state index in [9.17, 15) is 14.7 Å². The third-order valence-electron chi connectivity index (χ3n) is 6.00. The standard InChI is InChI=1S/C29H42N2O4/c1-2-3-4-5-6-7-8-9-10-11-12-13-18-23-35-27-22-17-15-20-25(27)31-29(34)28(33)30-24-19-14-16-21-26(24)32/h14-17,19-22,32H,2-13,18,23H2,1H3,(H,30,33)(H,31,34). The van der Waals surface area contributed by atoms with E-state index in [-0.39, 0.29) is 11.4 Å². The molecule has 0 fully saturated rings. The summed E-state index contributed by atoms with van der Waals surface area (Å²) in [6.07, 6.45) is 16.8. The number of unbranched alkanes of at least 4 members (excludes halogenated alkanes) is 12. The lowest BCUT2D eigenvalue weighted by molar-refractivity contribution is -0.133. The number of amides is 2. The lowest BCUT2D eigenvalue weighted by Gasteiger charge is -2.13. The van der Waals surface area contributed by atoms with Gasteiger partial charge in [0.25, 0.3) is 0 Å².